The molecular formula is C17H28N2O. The van der Waals surface area contributed by atoms with E-state index in [4.69, 9.17) is 5.73 Å². The van der Waals surface area contributed by atoms with E-state index in [0.717, 1.165) is 17.7 Å². The van der Waals surface area contributed by atoms with Crippen molar-refractivity contribution < 1.29 is 4.79 Å². The van der Waals surface area contributed by atoms with Crippen LogP contribution in [0.1, 0.15) is 51.2 Å². The highest BCUT2D eigenvalue weighted by molar-refractivity contribution is 5.94. The molecule has 1 aromatic rings. The molecule has 0 saturated heterocycles. The maximum atomic E-state index is 12.4. The Morgan fingerprint density at radius 1 is 1.25 bits per heavy atom. The maximum Gasteiger partial charge on any atom is 0.228 e. The Kier molecular flexibility index (Phi) is 6.21. The number of rotatable bonds is 6. The molecule has 0 spiro atoms. The minimum atomic E-state index is -0.116. The van der Waals surface area contributed by atoms with Crippen LogP contribution in [-0.4, -0.2) is 12.5 Å². The van der Waals surface area contributed by atoms with Crippen molar-refractivity contribution in [3.63, 3.8) is 0 Å². The average molecular weight is 276 g/mol. The lowest BCUT2D eigenvalue weighted by Crippen LogP contribution is -2.31. The molecule has 3 heteroatoms. The van der Waals surface area contributed by atoms with Crippen LogP contribution in [0.15, 0.2) is 18.2 Å². The summed E-state index contributed by atoms with van der Waals surface area (Å²) in [7, 11) is 0. The molecule has 112 valence electrons. The molecule has 0 aliphatic carbocycles. The Labute approximate surface area is 122 Å². The van der Waals surface area contributed by atoms with Crippen molar-refractivity contribution in [1.82, 2.24) is 0 Å². The van der Waals surface area contributed by atoms with Gasteiger partial charge in [0.15, 0.2) is 0 Å². The highest BCUT2D eigenvalue weighted by atomic mass is 16.1. The second kappa shape index (κ2) is 7.44. The van der Waals surface area contributed by atoms with Gasteiger partial charge in [0.1, 0.15) is 0 Å². The predicted octanol–water partition coefficient (Wildman–Crippen LogP) is 3.68. The van der Waals surface area contributed by atoms with Crippen molar-refractivity contribution >= 4 is 11.6 Å². The topological polar surface area (TPSA) is 55.1 Å². The first-order chi connectivity index (χ1) is 9.36. The molecule has 0 aliphatic heterocycles. The van der Waals surface area contributed by atoms with Gasteiger partial charge in [0.25, 0.3) is 0 Å². The van der Waals surface area contributed by atoms with E-state index in [1.54, 1.807) is 0 Å². The Morgan fingerprint density at radius 3 is 2.40 bits per heavy atom. The summed E-state index contributed by atoms with van der Waals surface area (Å²) in [6.45, 7) is 10.9. The molecule has 1 rings (SSSR count). The second-order valence-corrected chi connectivity index (χ2v) is 6.25. The van der Waals surface area contributed by atoms with Crippen LogP contribution in [-0.2, 0) is 4.79 Å². The average Bonchev–Trinajstić information content (AvgIpc) is 2.37. The SMILES string of the molecule is Cc1cccc(C(C)C)c1NC(=O)C(CN)CC(C)C. The monoisotopic (exact) mass is 276 g/mol. The standard InChI is InChI=1S/C17H28N2O/c1-11(2)9-14(10-18)17(20)19-16-13(5)7-6-8-15(16)12(3)4/h6-8,11-12,14H,9-10,18H2,1-5H3,(H,19,20). The van der Waals surface area contributed by atoms with Crippen LogP contribution in [0, 0.1) is 18.8 Å². The van der Waals surface area contributed by atoms with Gasteiger partial charge in [0, 0.05) is 12.2 Å². The summed E-state index contributed by atoms with van der Waals surface area (Å²) in [5.41, 5.74) is 8.99. The molecule has 0 heterocycles. The quantitative estimate of drug-likeness (QED) is 0.832. The summed E-state index contributed by atoms with van der Waals surface area (Å²) in [5.74, 6) is 0.773. The molecule has 3 nitrogen and oxygen atoms in total. The normalized spacial score (nSPS) is 12.8. The Bertz CT molecular complexity index is 452. The first kappa shape index (κ1) is 16.7. The number of nitrogens with two attached hydrogens (primary N) is 1. The van der Waals surface area contributed by atoms with E-state index in [1.807, 2.05) is 19.1 Å². The molecule has 0 aromatic heterocycles. The smallest absolute Gasteiger partial charge is 0.228 e. The van der Waals surface area contributed by atoms with Crippen molar-refractivity contribution in [3.8, 4) is 0 Å². The molecule has 1 unspecified atom stereocenters. The van der Waals surface area contributed by atoms with E-state index < -0.39 is 0 Å². The maximum absolute atomic E-state index is 12.4. The van der Waals surface area contributed by atoms with Gasteiger partial charge in [-0.15, -0.1) is 0 Å². The van der Waals surface area contributed by atoms with Crippen LogP contribution in [0.2, 0.25) is 0 Å². The molecule has 1 amide bonds. The number of para-hydroxylation sites is 1. The van der Waals surface area contributed by atoms with E-state index in [-0.39, 0.29) is 11.8 Å². The van der Waals surface area contributed by atoms with E-state index in [2.05, 4.69) is 39.1 Å². The summed E-state index contributed by atoms with van der Waals surface area (Å²) in [6, 6.07) is 6.14. The fourth-order valence-corrected chi connectivity index (χ4v) is 2.45. The van der Waals surface area contributed by atoms with Crippen LogP contribution in [0.4, 0.5) is 5.69 Å². The van der Waals surface area contributed by atoms with E-state index >= 15 is 0 Å². The molecule has 1 atom stereocenters. The zero-order valence-electron chi connectivity index (χ0n) is 13.4. The number of carbonyl (C=O) groups is 1. The van der Waals surface area contributed by atoms with Crippen LogP contribution >= 0.6 is 0 Å². The lowest BCUT2D eigenvalue weighted by molar-refractivity contribution is -0.120. The van der Waals surface area contributed by atoms with Crippen molar-refractivity contribution in [2.24, 2.45) is 17.6 Å². The van der Waals surface area contributed by atoms with Gasteiger partial charge in [-0.1, -0.05) is 45.9 Å². The zero-order valence-corrected chi connectivity index (χ0v) is 13.4. The first-order valence-electron chi connectivity index (χ1n) is 7.47. The summed E-state index contributed by atoms with van der Waals surface area (Å²) >= 11 is 0. The van der Waals surface area contributed by atoms with Crippen molar-refractivity contribution in [2.75, 3.05) is 11.9 Å². The Morgan fingerprint density at radius 2 is 1.90 bits per heavy atom. The predicted molar refractivity (Wildman–Crippen MR) is 85.9 cm³/mol. The number of anilines is 1. The highest BCUT2D eigenvalue weighted by Crippen LogP contribution is 2.28. The van der Waals surface area contributed by atoms with Gasteiger partial charge >= 0.3 is 0 Å². The van der Waals surface area contributed by atoms with Gasteiger partial charge in [-0.3, -0.25) is 4.79 Å². The molecule has 0 saturated carbocycles. The number of benzene rings is 1. The van der Waals surface area contributed by atoms with Crippen LogP contribution in [0.3, 0.4) is 0 Å². The van der Waals surface area contributed by atoms with Crippen molar-refractivity contribution in [3.05, 3.63) is 29.3 Å². The van der Waals surface area contributed by atoms with E-state index in [9.17, 15) is 4.79 Å². The van der Waals surface area contributed by atoms with Gasteiger partial charge in [-0.25, -0.2) is 0 Å². The van der Waals surface area contributed by atoms with Crippen LogP contribution in [0.25, 0.3) is 0 Å². The molecule has 0 fully saturated rings. The highest BCUT2D eigenvalue weighted by Gasteiger charge is 2.20. The number of hydrogen-bond acceptors (Lipinski definition) is 2. The second-order valence-electron chi connectivity index (χ2n) is 6.25. The number of carbonyl (C=O) groups excluding carboxylic acids is 1. The fraction of sp³-hybridized carbons (Fsp3) is 0.588. The summed E-state index contributed by atoms with van der Waals surface area (Å²) in [5, 5.41) is 3.10. The Balaban J connectivity index is 2.94. The molecule has 1 aromatic carbocycles. The summed E-state index contributed by atoms with van der Waals surface area (Å²) < 4.78 is 0. The molecule has 3 N–H and O–H groups in total. The minimum Gasteiger partial charge on any atom is -0.330 e. The van der Waals surface area contributed by atoms with Crippen LogP contribution in [0.5, 0.6) is 0 Å². The first-order valence-corrected chi connectivity index (χ1v) is 7.47. The van der Waals surface area contributed by atoms with Crippen LogP contribution < -0.4 is 11.1 Å². The molecule has 0 radical (unpaired) electrons. The minimum absolute atomic E-state index is 0.0393. The van der Waals surface area contributed by atoms with Gasteiger partial charge < -0.3 is 11.1 Å². The number of amides is 1. The number of hydrogen-bond donors (Lipinski definition) is 2. The summed E-state index contributed by atoms with van der Waals surface area (Å²) in [6.07, 6.45) is 0.825. The lowest BCUT2D eigenvalue weighted by Gasteiger charge is -2.21. The van der Waals surface area contributed by atoms with Gasteiger partial charge in [0.2, 0.25) is 5.91 Å². The third-order valence-electron chi connectivity index (χ3n) is 3.59. The summed E-state index contributed by atoms with van der Waals surface area (Å²) in [4.78, 5) is 12.4. The number of nitrogens with one attached hydrogen (secondary N) is 1. The fourth-order valence-electron chi connectivity index (χ4n) is 2.45. The third-order valence-corrected chi connectivity index (χ3v) is 3.59. The molecule has 0 aliphatic rings. The largest absolute Gasteiger partial charge is 0.330 e. The van der Waals surface area contributed by atoms with Gasteiger partial charge in [-0.2, -0.15) is 0 Å². The lowest BCUT2D eigenvalue weighted by atomic mass is 9.94. The van der Waals surface area contributed by atoms with E-state index in [1.165, 1.54) is 5.56 Å². The van der Waals surface area contributed by atoms with E-state index in [0.29, 0.717) is 18.4 Å². The molecule has 20 heavy (non-hydrogen) atoms. The zero-order chi connectivity index (χ0) is 15.3. The molecular weight excluding hydrogens is 248 g/mol. The molecule has 0 bridgehead atoms. The van der Waals surface area contributed by atoms with Gasteiger partial charge in [0.05, 0.1) is 5.92 Å². The van der Waals surface area contributed by atoms with Crippen molar-refractivity contribution in [1.29, 1.82) is 0 Å². The van der Waals surface area contributed by atoms with Crippen molar-refractivity contribution in [2.45, 2.75) is 47.0 Å². The Hall–Kier alpha value is -1.35. The van der Waals surface area contributed by atoms with Gasteiger partial charge in [-0.05, 0) is 36.3 Å². The number of aryl methyl sites for hydroxylation is 1. The third kappa shape index (κ3) is 4.34.